The Balaban J connectivity index is 1.29. The van der Waals surface area contributed by atoms with Gasteiger partial charge in [0.15, 0.2) is 6.61 Å². The Kier molecular flexibility index (Phi) is 8.18. The van der Waals surface area contributed by atoms with Gasteiger partial charge in [0, 0.05) is 44.5 Å². The van der Waals surface area contributed by atoms with E-state index in [0.717, 1.165) is 6.07 Å². The Bertz CT molecular complexity index is 820. The average molecular weight is 483 g/mol. The minimum Gasteiger partial charge on any atom is -0.484 e. The quantitative estimate of drug-likeness (QED) is 0.547. The first-order chi connectivity index (χ1) is 15.1. The van der Waals surface area contributed by atoms with Crippen LogP contribution in [-0.4, -0.2) is 67.6 Å². The van der Waals surface area contributed by atoms with Gasteiger partial charge >= 0.3 is 6.36 Å². The van der Waals surface area contributed by atoms with Gasteiger partial charge in [0.2, 0.25) is 5.91 Å². The van der Waals surface area contributed by atoms with Crippen LogP contribution in [-0.2, 0) is 19.1 Å². The summed E-state index contributed by atoms with van der Waals surface area (Å²) in [6.45, 7) is 0.633. The highest BCUT2D eigenvalue weighted by Crippen LogP contribution is 2.32. The second-order valence-electron chi connectivity index (χ2n) is 7.65. The number of carbonyl (C=O) groups excluding carboxylic acids is 2. The highest BCUT2D eigenvalue weighted by molar-refractivity contribution is 6.30. The molecule has 7 nitrogen and oxygen atoms in total. The summed E-state index contributed by atoms with van der Waals surface area (Å²) in [4.78, 5) is 25.9. The highest BCUT2D eigenvalue weighted by Gasteiger charge is 2.40. The van der Waals surface area contributed by atoms with Gasteiger partial charge < -0.3 is 19.7 Å². The molecule has 0 aromatic heterocycles. The Morgan fingerprint density at radius 3 is 2.66 bits per heavy atom. The summed E-state index contributed by atoms with van der Waals surface area (Å²) in [6.07, 6.45) is -4.81. The third kappa shape index (κ3) is 7.49. The zero-order valence-electron chi connectivity index (χ0n) is 17.0. The van der Waals surface area contributed by atoms with Crippen molar-refractivity contribution in [3.8, 4) is 5.75 Å². The smallest absolute Gasteiger partial charge is 0.484 e. The molecule has 0 spiro atoms. The Morgan fingerprint density at radius 2 is 2.00 bits per heavy atom. The molecule has 2 aliphatic rings. The molecule has 0 bridgehead atoms. The summed E-state index contributed by atoms with van der Waals surface area (Å²) in [7, 11) is 0. The molecule has 2 fully saturated rings. The molecule has 1 saturated heterocycles. The summed E-state index contributed by atoms with van der Waals surface area (Å²) in [5.41, 5.74) is 0. The number of nitrogens with one attached hydrogen (secondary N) is 1. The summed E-state index contributed by atoms with van der Waals surface area (Å²) < 4.78 is 64.3. The molecule has 12 heteroatoms. The van der Waals surface area contributed by atoms with E-state index in [0.29, 0.717) is 19.5 Å². The SMILES string of the molecule is O=C(COc1ccc(Cl)c(F)c1)N[C@H]1CCN(CCOC2CC(OC(F)(F)F)C2)C(=O)C1. The van der Waals surface area contributed by atoms with Crippen LogP contribution in [0.15, 0.2) is 18.2 Å². The van der Waals surface area contributed by atoms with E-state index in [1.807, 2.05) is 0 Å². The highest BCUT2D eigenvalue weighted by atomic mass is 35.5. The van der Waals surface area contributed by atoms with Crippen LogP contribution in [0.3, 0.4) is 0 Å². The first kappa shape index (κ1) is 24.5. The van der Waals surface area contributed by atoms with Crippen molar-refractivity contribution in [2.75, 3.05) is 26.3 Å². The van der Waals surface area contributed by atoms with Crippen LogP contribution in [0.25, 0.3) is 0 Å². The zero-order valence-corrected chi connectivity index (χ0v) is 17.8. The number of piperidine rings is 1. The Labute approximate surface area is 186 Å². The van der Waals surface area contributed by atoms with Crippen molar-refractivity contribution in [1.29, 1.82) is 0 Å². The predicted molar refractivity (Wildman–Crippen MR) is 105 cm³/mol. The second kappa shape index (κ2) is 10.7. The van der Waals surface area contributed by atoms with Crippen LogP contribution >= 0.6 is 11.6 Å². The number of amides is 2. The lowest BCUT2D eigenvalue weighted by molar-refractivity contribution is -0.357. The van der Waals surface area contributed by atoms with E-state index in [1.165, 1.54) is 12.1 Å². The van der Waals surface area contributed by atoms with Gasteiger partial charge in [0.1, 0.15) is 11.6 Å². The first-order valence-corrected chi connectivity index (χ1v) is 10.5. The summed E-state index contributed by atoms with van der Waals surface area (Å²) >= 11 is 5.59. The second-order valence-corrected chi connectivity index (χ2v) is 8.06. The fourth-order valence-electron chi connectivity index (χ4n) is 3.49. The molecule has 1 saturated carbocycles. The van der Waals surface area contributed by atoms with Crippen LogP contribution in [0.2, 0.25) is 5.02 Å². The van der Waals surface area contributed by atoms with Crippen LogP contribution < -0.4 is 10.1 Å². The molecule has 1 atom stereocenters. The van der Waals surface area contributed by atoms with Crippen LogP contribution in [0, 0.1) is 5.82 Å². The van der Waals surface area contributed by atoms with Gasteiger partial charge in [-0.2, -0.15) is 0 Å². The van der Waals surface area contributed by atoms with E-state index < -0.39 is 24.2 Å². The van der Waals surface area contributed by atoms with Crippen LogP contribution in [0.4, 0.5) is 17.6 Å². The van der Waals surface area contributed by atoms with Crippen molar-refractivity contribution in [3.05, 3.63) is 29.0 Å². The predicted octanol–water partition coefficient (Wildman–Crippen LogP) is 3.05. The minimum atomic E-state index is -4.64. The zero-order chi connectivity index (χ0) is 23.3. The average Bonchev–Trinajstić information content (AvgIpc) is 2.67. The van der Waals surface area contributed by atoms with E-state index in [9.17, 15) is 27.2 Å². The molecule has 3 rings (SSSR count). The van der Waals surface area contributed by atoms with E-state index in [2.05, 4.69) is 10.1 Å². The number of likely N-dealkylation sites (tertiary alicyclic amines) is 1. The van der Waals surface area contributed by atoms with Gasteiger partial charge in [-0.3, -0.25) is 14.3 Å². The molecular formula is C20H23ClF4N2O5. The molecule has 1 heterocycles. The van der Waals surface area contributed by atoms with Crippen molar-refractivity contribution in [1.82, 2.24) is 10.2 Å². The third-order valence-electron chi connectivity index (χ3n) is 5.21. The maximum Gasteiger partial charge on any atom is 0.522 e. The molecule has 0 unspecified atom stereocenters. The van der Waals surface area contributed by atoms with E-state index in [1.54, 1.807) is 4.90 Å². The number of rotatable bonds is 9. The minimum absolute atomic E-state index is 0.0511. The number of nitrogens with zero attached hydrogens (tertiary/aromatic N) is 1. The Hall–Kier alpha value is -2.11. The normalized spacial score (nSPS) is 23.6. The fourth-order valence-corrected chi connectivity index (χ4v) is 3.61. The molecule has 1 aliphatic heterocycles. The standard InChI is InChI=1S/C20H23ClF4N2O5/c21-16-2-1-13(10-17(16)22)31-11-18(28)26-12-3-4-27(19(29)7-12)5-6-30-14-8-15(9-14)32-20(23,24)25/h1-2,10,12,14-15H,3-9,11H2,(H,26,28)/t12-,14?,15?/m0/s1. The van der Waals surface area contributed by atoms with Crippen molar-refractivity contribution in [3.63, 3.8) is 0 Å². The number of halogens is 5. The van der Waals surface area contributed by atoms with Gasteiger partial charge in [-0.05, 0) is 18.6 Å². The first-order valence-electron chi connectivity index (χ1n) is 10.1. The summed E-state index contributed by atoms with van der Waals surface area (Å²) in [5.74, 6) is -1.08. The van der Waals surface area contributed by atoms with Gasteiger partial charge in [-0.1, -0.05) is 11.6 Å². The van der Waals surface area contributed by atoms with Gasteiger partial charge in [0.05, 0.1) is 23.8 Å². The monoisotopic (exact) mass is 482 g/mol. The molecule has 178 valence electrons. The lowest BCUT2D eigenvalue weighted by atomic mass is 9.92. The van der Waals surface area contributed by atoms with E-state index >= 15 is 0 Å². The molecule has 1 aliphatic carbocycles. The Morgan fingerprint density at radius 1 is 1.25 bits per heavy atom. The number of hydrogen-bond acceptors (Lipinski definition) is 5. The number of alkyl halides is 3. The topological polar surface area (TPSA) is 77.1 Å². The molecule has 1 aromatic rings. The van der Waals surface area contributed by atoms with Gasteiger partial charge in [-0.15, -0.1) is 13.2 Å². The van der Waals surface area contributed by atoms with Crippen LogP contribution in [0.5, 0.6) is 5.75 Å². The van der Waals surface area contributed by atoms with Crippen molar-refractivity contribution < 1.29 is 41.4 Å². The number of carbonyl (C=O) groups is 2. The summed E-state index contributed by atoms with van der Waals surface area (Å²) in [6, 6.07) is 3.49. The number of hydrogen-bond donors (Lipinski definition) is 1. The van der Waals surface area contributed by atoms with Crippen molar-refractivity contribution in [2.24, 2.45) is 0 Å². The largest absolute Gasteiger partial charge is 0.522 e. The van der Waals surface area contributed by atoms with Crippen LogP contribution in [0.1, 0.15) is 25.7 Å². The third-order valence-corrected chi connectivity index (χ3v) is 5.52. The summed E-state index contributed by atoms with van der Waals surface area (Å²) in [5, 5.41) is 2.66. The number of ether oxygens (including phenoxy) is 3. The van der Waals surface area contributed by atoms with Crippen molar-refractivity contribution in [2.45, 2.75) is 50.3 Å². The van der Waals surface area contributed by atoms with Gasteiger partial charge in [0.25, 0.3) is 5.91 Å². The molecule has 32 heavy (non-hydrogen) atoms. The molecule has 1 aromatic carbocycles. The molecule has 0 radical (unpaired) electrons. The molecule has 1 N–H and O–H groups in total. The maximum atomic E-state index is 13.4. The molecular weight excluding hydrogens is 460 g/mol. The molecule has 2 amide bonds. The maximum absolute atomic E-state index is 13.4. The number of benzene rings is 1. The fraction of sp³-hybridized carbons (Fsp3) is 0.600. The lowest BCUT2D eigenvalue weighted by Gasteiger charge is -2.36. The van der Waals surface area contributed by atoms with Gasteiger partial charge in [-0.25, -0.2) is 4.39 Å². The van der Waals surface area contributed by atoms with E-state index in [4.69, 9.17) is 21.1 Å². The van der Waals surface area contributed by atoms with E-state index in [-0.39, 0.29) is 61.3 Å². The van der Waals surface area contributed by atoms with Crippen molar-refractivity contribution >= 4 is 23.4 Å². The lowest BCUT2D eigenvalue weighted by Crippen LogP contribution is -2.49.